The molecule has 102 valence electrons. The molecule has 1 aromatic heterocycles. The van der Waals surface area contributed by atoms with Crippen LogP contribution in [0.3, 0.4) is 0 Å². The molecule has 0 aliphatic heterocycles. The number of nitriles is 1. The van der Waals surface area contributed by atoms with E-state index in [2.05, 4.69) is 16.2 Å². The standard InChI is InChI=1S/C13H13N5O2/c14-7-2-1-3-8-17-10-15-13(16-17)11-5-4-6-12(9-11)18(19)20/h4-6,9-10H,1-3,8H2. The summed E-state index contributed by atoms with van der Waals surface area (Å²) in [6.07, 6.45) is 3.81. The second-order valence-electron chi connectivity index (χ2n) is 4.25. The molecule has 0 N–H and O–H groups in total. The van der Waals surface area contributed by atoms with Crippen LogP contribution in [0.2, 0.25) is 0 Å². The van der Waals surface area contributed by atoms with Crippen molar-refractivity contribution >= 4 is 5.69 Å². The molecule has 0 saturated carbocycles. The summed E-state index contributed by atoms with van der Waals surface area (Å²) < 4.78 is 1.69. The molecule has 0 amide bonds. The predicted octanol–water partition coefficient (Wildman–Crippen LogP) is 2.55. The summed E-state index contributed by atoms with van der Waals surface area (Å²) in [6, 6.07) is 8.33. The highest BCUT2D eigenvalue weighted by Crippen LogP contribution is 2.20. The molecule has 1 aromatic carbocycles. The first-order valence-electron chi connectivity index (χ1n) is 6.22. The van der Waals surface area contributed by atoms with Crippen LogP contribution in [0, 0.1) is 21.4 Å². The van der Waals surface area contributed by atoms with Crippen LogP contribution in [-0.2, 0) is 6.54 Å². The van der Waals surface area contributed by atoms with Crippen molar-refractivity contribution in [1.82, 2.24) is 14.8 Å². The Morgan fingerprint density at radius 3 is 3.00 bits per heavy atom. The fourth-order valence-corrected chi connectivity index (χ4v) is 1.77. The molecular formula is C13H13N5O2. The van der Waals surface area contributed by atoms with Crippen molar-refractivity contribution < 1.29 is 4.92 Å². The number of non-ortho nitro benzene ring substituents is 1. The van der Waals surface area contributed by atoms with Gasteiger partial charge in [-0.05, 0) is 12.8 Å². The van der Waals surface area contributed by atoms with Gasteiger partial charge in [-0.25, -0.2) is 4.98 Å². The average molecular weight is 271 g/mol. The van der Waals surface area contributed by atoms with Crippen molar-refractivity contribution in [3.63, 3.8) is 0 Å². The zero-order valence-electron chi connectivity index (χ0n) is 10.8. The topological polar surface area (TPSA) is 97.6 Å². The van der Waals surface area contributed by atoms with E-state index < -0.39 is 4.92 Å². The zero-order valence-corrected chi connectivity index (χ0v) is 10.8. The number of nitro benzene ring substituents is 1. The molecule has 7 nitrogen and oxygen atoms in total. The smallest absolute Gasteiger partial charge is 0.258 e. The Labute approximate surface area is 115 Å². The lowest BCUT2D eigenvalue weighted by Gasteiger charge is -1.98. The molecule has 0 saturated heterocycles. The van der Waals surface area contributed by atoms with Crippen LogP contribution in [0.4, 0.5) is 5.69 Å². The number of nitro groups is 1. The van der Waals surface area contributed by atoms with Crippen LogP contribution in [-0.4, -0.2) is 19.7 Å². The van der Waals surface area contributed by atoms with Crippen LogP contribution >= 0.6 is 0 Å². The van der Waals surface area contributed by atoms with Gasteiger partial charge in [0.2, 0.25) is 0 Å². The molecule has 0 fully saturated rings. The number of unbranched alkanes of at least 4 members (excludes halogenated alkanes) is 2. The molecular weight excluding hydrogens is 258 g/mol. The minimum Gasteiger partial charge on any atom is -0.258 e. The molecule has 2 aromatic rings. The molecule has 0 radical (unpaired) electrons. The third kappa shape index (κ3) is 3.38. The maximum atomic E-state index is 10.7. The van der Waals surface area contributed by atoms with Gasteiger partial charge in [0.15, 0.2) is 5.82 Å². The maximum absolute atomic E-state index is 10.7. The van der Waals surface area contributed by atoms with Crippen molar-refractivity contribution in [3.05, 3.63) is 40.7 Å². The summed E-state index contributed by atoms with van der Waals surface area (Å²) in [4.78, 5) is 14.4. The number of hydrogen-bond acceptors (Lipinski definition) is 5. The Kier molecular flexibility index (Phi) is 4.39. The number of nitrogens with zero attached hydrogens (tertiary/aromatic N) is 5. The van der Waals surface area contributed by atoms with Gasteiger partial charge in [0, 0.05) is 30.7 Å². The summed E-state index contributed by atoms with van der Waals surface area (Å²) >= 11 is 0. The maximum Gasteiger partial charge on any atom is 0.270 e. The van der Waals surface area contributed by atoms with Gasteiger partial charge in [0.1, 0.15) is 6.33 Å². The Bertz CT molecular complexity index is 644. The number of aromatic nitrogens is 3. The lowest BCUT2D eigenvalue weighted by Crippen LogP contribution is -1.98. The Hall–Kier alpha value is -2.75. The van der Waals surface area contributed by atoms with E-state index in [0.29, 0.717) is 24.4 Å². The van der Waals surface area contributed by atoms with Crippen LogP contribution in [0.5, 0.6) is 0 Å². The summed E-state index contributed by atoms with van der Waals surface area (Å²) in [7, 11) is 0. The van der Waals surface area contributed by atoms with E-state index in [1.165, 1.54) is 12.1 Å². The van der Waals surface area contributed by atoms with E-state index in [1.54, 1.807) is 23.1 Å². The van der Waals surface area contributed by atoms with Gasteiger partial charge < -0.3 is 0 Å². The molecule has 0 spiro atoms. The molecule has 2 rings (SSSR count). The van der Waals surface area contributed by atoms with Gasteiger partial charge in [0.05, 0.1) is 11.0 Å². The fourth-order valence-electron chi connectivity index (χ4n) is 1.77. The summed E-state index contributed by atoms with van der Waals surface area (Å²) in [6.45, 7) is 0.684. The summed E-state index contributed by atoms with van der Waals surface area (Å²) in [5, 5.41) is 23.5. The van der Waals surface area contributed by atoms with Crippen molar-refractivity contribution in [2.45, 2.75) is 25.8 Å². The minimum atomic E-state index is -0.442. The highest BCUT2D eigenvalue weighted by molar-refractivity contribution is 5.58. The predicted molar refractivity (Wildman–Crippen MR) is 71.6 cm³/mol. The molecule has 0 atom stereocenters. The fraction of sp³-hybridized carbons (Fsp3) is 0.308. The third-order valence-electron chi connectivity index (χ3n) is 2.78. The molecule has 0 bridgehead atoms. The number of benzene rings is 1. The van der Waals surface area contributed by atoms with E-state index in [0.717, 1.165) is 12.8 Å². The SMILES string of the molecule is N#CCCCCn1cnc(-c2cccc([N+](=O)[O-])c2)n1. The largest absolute Gasteiger partial charge is 0.270 e. The molecule has 1 heterocycles. The highest BCUT2D eigenvalue weighted by Gasteiger charge is 2.10. The molecule has 7 heteroatoms. The average Bonchev–Trinajstić information content (AvgIpc) is 2.92. The second-order valence-corrected chi connectivity index (χ2v) is 4.25. The number of hydrogen-bond donors (Lipinski definition) is 0. The van der Waals surface area contributed by atoms with E-state index >= 15 is 0 Å². The van der Waals surface area contributed by atoms with Crippen LogP contribution in [0.25, 0.3) is 11.4 Å². The summed E-state index contributed by atoms with van der Waals surface area (Å²) in [5.74, 6) is 0.467. The van der Waals surface area contributed by atoms with Gasteiger partial charge in [-0.3, -0.25) is 14.8 Å². The van der Waals surface area contributed by atoms with Crippen molar-refractivity contribution in [2.75, 3.05) is 0 Å². The van der Waals surface area contributed by atoms with Gasteiger partial charge in [-0.1, -0.05) is 12.1 Å². The van der Waals surface area contributed by atoms with Crippen LogP contribution in [0.15, 0.2) is 30.6 Å². The molecule has 0 aliphatic carbocycles. The number of rotatable bonds is 6. The van der Waals surface area contributed by atoms with Crippen molar-refractivity contribution in [2.24, 2.45) is 0 Å². The van der Waals surface area contributed by atoms with E-state index in [9.17, 15) is 10.1 Å². The van der Waals surface area contributed by atoms with Gasteiger partial charge in [-0.2, -0.15) is 10.4 Å². The van der Waals surface area contributed by atoms with Crippen LogP contribution < -0.4 is 0 Å². The Morgan fingerprint density at radius 1 is 1.40 bits per heavy atom. The van der Waals surface area contributed by atoms with Crippen LogP contribution in [0.1, 0.15) is 19.3 Å². The van der Waals surface area contributed by atoms with E-state index in [-0.39, 0.29) is 5.69 Å². The third-order valence-corrected chi connectivity index (χ3v) is 2.78. The number of aryl methyl sites for hydroxylation is 1. The van der Waals surface area contributed by atoms with Gasteiger partial charge >= 0.3 is 0 Å². The zero-order chi connectivity index (χ0) is 14.4. The van der Waals surface area contributed by atoms with E-state index in [4.69, 9.17) is 5.26 Å². The molecule has 0 aliphatic rings. The highest BCUT2D eigenvalue weighted by atomic mass is 16.6. The van der Waals surface area contributed by atoms with Crippen molar-refractivity contribution in [3.8, 4) is 17.5 Å². The first-order chi connectivity index (χ1) is 9.70. The Morgan fingerprint density at radius 2 is 2.25 bits per heavy atom. The monoisotopic (exact) mass is 271 g/mol. The lowest BCUT2D eigenvalue weighted by atomic mass is 10.2. The van der Waals surface area contributed by atoms with Gasteiger partial charge in [-0.15, -0.1) is 0 Å². The van der Waals surface area contributed by atoms with Gasteiger partial charge in [0.25, 0.3) is 5.69 Å². The normalized spacial score (nSPS) is 10.2. The lowest BCUT2D eigenvalue weighted by molar-refractivity contribution is -0.384. The first-order valence-corrected chi connectivity index (χ1v) is 6.22. The first kappa shape index (κ1) is 13.7. The van der Waals surface area contributed by atoms with E-state index in [1.807, 2.05) is 0 Å². The second kappa shape index (κ2) is 6.43. The molecule has 0 unspecified atom stereocenters. The summed E-state index contributed by atoms with van der Waals surface area (Å²) in [5.41, 5.74) is 0.642. The minimum absolute atomic E-state index is 0.0212. The van der Waals surface area contributed by atoms with Crippen molar-refractivity contribution in [1.29, 1.82) is 5.26 Å². The molecule has 20 heavy (non-hydrogen) atoms. The Balaban J connectivity index is 2.07. The quantitative estimate of drug-likeness (QED) is 0.457.